The van der Waals surface area contributed by atoms with Gasteiger partial charge in [0, 0.05) is 19.8 Å². The molecule has 0 bridgehead atoms. The Morgan fingerprint density at radius 2 is 2.00 bits per heavy atom. The van der Waals surface area contributed by atoms with Gasteiger partial charge in [-0.15, -0.1) is 5.10 Å². The van der Waals surface area contributed by atoms with Gasteiger partial charge in [0.1, 0.15) is 0 Å². The van der Waals surface area contributed by atoms with E-state index < -0.39 is 0 Å². The van der Waals surface area contributed by atoms with Crippen molar-refractivity contribution in [2.24, 2.45) is 12.5 Å². The fourth-order valence-electron chi connectivity index (χ4n) is 2.06. The number of hydrogen-bond acceptors (Lipinski definition) is 3. The van der Waals surface area contributed by atoms with Crippen LogP contribution in [0.5, 0.6) is 0 Å². The van der Waals surface area contributed by atoms with Crippen molar-refractivity contribution in [2.45, 2.75) is 40.0 Å². The Kier molecular flexibility index (Phi) is 4.93. The first-order valence-corrected chi connectivity index (χ1v) is 6.21. The zero-order valence-corrected chi connectivity index (χ0v) is 11.0. The van der Waals surface area contributed by atoms with Crippen molar-refractivity contribution in [3.05, 3.63) is 11.9 Å². The van der Waals surface area contributed by atoms with Gasteiger partial charge in [0.2, 0.25) is 0 Å². The van der Waals surface area contributed by atoms with E-state index >= 15 is 0 Å². The second-order valence-corrected chi connectivity index (χ2v) is 4.55. The van der Waals surface area contributed by atoms with Gasteiger partial charge in [-0.25, -0.2) is 0 Å². The molecule has 0 aliphatic rings. The van der Waals surface area contributed by atoms with E-state index in [2.05, 4.69) is 36.4 Å². The number of aromatic nitrogens is 3. The maximum absolute atomic E-state index is 4.19. The fourth-order valence-corrected chi connectivity index (χ4v) is 2.06. The Hall–Kier alpha value is -0.900. The molecule has 1 rings (SSSR count). The minimum Gasteiger partial charge on any atom is -0.316 e. The van der Waals surface area contributed by atoms with Gasteiger partial charge in [-0.3, -0.25) is 4.68 Å². The van der Waals surface area contributed by atoms with Crippen LogP contribution in [0.4, 0.5) is 0 Å². The van der Waals surface area contributed by atoms with E-state index in [1.54, 1.807) is 4.68 Å². The van der Waals surface area contributed by atoms with E-state index in [1.165, 1.54) is 12.8 Å². The maximum Gasteiger partial charge on any atom is 0.0833 e. The molecule has 1 aromatic heterocycles. The lowest BCUT2D eigenvalue weighted by atomic mass is 9.78. The lowest BCUT2D eigenvalue weighted by molar-refractivity contribution is 0.246. The normalized spacial score (nSPS) is 12.0. The summed E-state index contributed by atoms with van der Waals surface area (Å²) in [6, 6.07) is 0. The second kappa shape index (κ2) is 5.99. The van der Waals surface area contributed by atoms with E-state index in [0.29, 0.717) is 5.41 Å². The highest BCUT2D eigenvalue weighted by molar-refractivity contribution is 4.99. The van der Waals surface area contributed by atoms with Crippen molar-refractivity contribution in [2.75, 3.05) is 13.1 Å². The third kappa shape index (κ3) is 3.30. The lowest BCUT2D eigenvalue weighted by Gasteiger charge is -2.31. The summed E-state index contributed by atoms with van der Waals surface area (Å²) in [5.74, 6) is 0. The molecule has 0 aliphatic heterocycles. The smallest absolute Gasteiger partial charge is 0.0833 e. The Morgan fingerprint density at radius 3 is 2.44 bits per heavy atom. The van der Waals surface area contributed by atoms with E-state index in [4.69, 9.17) is 0 Å². The van der Waals surface area contributed by atoms with Gasteiger partial charge in [-0.05, 0) is 31.2 Å². The summed E-state index contributed by atoms with van der Waals surface area (Å²) >= 11 is 0. The van der Waals surface area contributed by atoms with Crippen molar-refractivity contribution >= 4 is 0 Å². The average Bonchev–Trinajstić information content (AvgIpc) is 2.70. The molecule has 0 aromatic carbocycles. The first-order valence-electron chi connectivity index (χ1n) is 6.21. The van der Waals surface area contributed by atoms with E-state index in [0.717, 1.165) is 25.2 Å². The van der Waals surface area contributed by atoms with Crippen LogP contribution in [0, 0.1) is 5.41 Å². The molecule has 0 radical (unpaired) electrons. The van der Waals surface area contributed by atoms with Crippen LogP contribution in [0.1, 0.15) is 39.3 Å². The molecular weight excluding hydrogens is 200 g/mol. The first-order chi connectivity index (χ1) is 7.65. The minimum absolute atomic E-state index is 0.325. The standard InChI is InChI=1S/C12H24N4/c1-5-12(6-2,10-13-7-3)8-11-9-16(4)15-14-11/h9,13H,5-8,10H2,1-4H3. The lowest BCUT2D eigenvalue weighted by Crippen LogP contribution is -2.35. The summed E-state index contributed by atoms with van der Waals surface area (Å²) in [5, 5.41) is 11.6. The highest BCUT2D eigenvalue weighted by atomic mass is 15.4. The van der Waals surface area contributed by atoms with E-state index in [9.17, 15) is 0 Å². The second-order valence-electron chi connectivity index (χ2n) is 4.55. The predicted molar refractivity (Wildman–Crippen MR) is 66.3 cm³/mol. The van der Waals surface area contributed by atoms with Gasteiger partial charge < -0.3 is 5.32 Å². The van der Waals surface area contributed by atoms with Crippen molar-refractivity contribution in [1.82, 2.24) is 20.3 Å². The Morgan fingerprint density at radius 1 is 1.31 bits per heavy atom. The topological polar surface area (TPSA) is 42.7 Å². The van der Waals surface area contributed by atoms with Crippen molar-refractivity contribution < 1.29 is 0 Å². The summed E-state index contributed by atoms with van der Waals surface area (Å²) < 4.78 is 1.78. The van der Waals surface area contributed by atoms with Gasteiger partial charge >= 0.3 is 0 Å². The fraction of sp³-hybridized carbons (Fsp3) is 0.833. The van der Waals surface area contributed by atoms with Gasteiger partial charge in [-0.2, -0.15) is 0 Å². The molecule has 0 unspecified atom stereocenters. The third-order valence-electron chi connectivity index (χ3n) is 3.46. The maximum atomic E-state index is 4.19. The van der Waals surface area contributed by atoms with Crippen LogP contribution in [0.15, 0.2) is 6.20 Å². The quantitative estimate of drug-likeness (QED) is 0.767. The van der Waals surface area contributed by atoms with Crippen LogP contribution in [0.3, 0.4) is 0 Å². The van der Waals surface area contributed by atoms with Gasteiger partial charge in [0.15, 0.2) is 0 Å². The first kappa shape index (κ1) is 13.2. The molecule has 4 heteroatoms. The van der Waals surface area contributed by atoms with Crippen LogP contribution in [-0.2, 0) is 13.5 Å². The van der Waals surface area contributed by atoms with Crippen LogP contribution >= 0.6 is 0 Å². The molecule has 1 heterocycles. The molecule has 4 nitrogen and oxygen atoms in total. The summed E-state index contributed by atoms with van der Waals surface area (Å²) in [5.41, 5.74) is 1.43. The summed E-state index contributed by atoms with van der Waals surface area (Å²) in [6.07, 6.45) is 5.38. The van der Waals surface area contributed by atoms with E-state index in [-0.39, 0.29) is 0 Å². The summed E-state index contributed by atoms with van der Waals surface area (Å²) in [6.45, 7) is 8.77. The molecule has 0 saturated heterocycles. The summed E-state index contributed by atoms with van der Waals surface area (Å²) in [7, 11) is 1.92. The van der Waals surface area contributed by atoms with Gasteiger partial charge in [0.05, 0.1) is 5.69 Å². The number of nitrogens with one attached hydrogen (secondary N) is 1. The largest absolute Gasteiger partial charge is 0.316 e. The molecule has 0 spiro atoms. The zero-order chi connectivity index (χ0) is 12.0. The number of nitrogens with zero attached hydrogens (tertiary/aromatic N) is 3. The SMILES string of the molecule is CCNCC(CC)(CC)Cc1cn(C)nn1. The summed E-state index contributed by atoms with van der Waals surface area (Å²) in [4.78, 5) is 0. The molecule has 1 N–H and O–H groups in total. The molecule has 0 saturated carbocycles. The van der Waals surface area contributed by atoms with Crippen molar-refractivity contribution in [3.8, 4) is 0 Å². The Bertz CT molecular complexity index is 302. The molecule has 0 aliphatic carbocycles. The molecule has 1 aromatic rings. The highest BCUT2D eigenvalue weighted by Crippen LogP contribution is 2.29. The average molecular weight is 224 g/mol. The van der Waals surface area contributed by atoms with Crippen LogP contribution in [0.2, 0.25) is 0 Å². The van der Waals surface area contributed by atoms with Crippen molar-refractivity contribution in [3.63, 3.8) is 0 Å². The predicted octanol–water partition coefficient (Wildman–Crippen LogP) is 1.77. The Labute approximate surface area is 98.4 Å². The number of hydrogen-bond donors (Lipinski definition) is 1. The van der Waals surface area contributed by atoms with Crippen molar-refractivity contribution in [1.29, 1.82) is 0 Å². The van der Waals surface area contributed by atoms with E-state index in [1.807, 2.05) is 13.2 Å². The third-order valence-corrected chi connectivity index (χ3v) is 3.46. The minimum atomic E-state index is 0.325. The van der Waals surface area contributed by atoms with Crippen LogP contribution in [-0.4, -0.2) is 28.1 Å². The molecule has 0 amide bonds. The number of rotatable bonds is 7. The molecule has 0 atom stereocenters. The monoisotopic (exact) mass is 224 g/mol. The molecule has 0 fully saturated rings. The number of aryl methyl sites for hydroxylation is 1. The van der Waals surface area contributed by atoms with Crippen LogP contribution < -0.4 is 5.32 Å². The molecular formula is C12H24N4. The van der Waals surface area contributed by atoms with Crippen LogP contribution in [0.25, 0.3) is 0 Å². The highest BCUT2D eigenvalue weighted by Gasteiger charge is 2.27. The van der Waals surface area contributed by atoms with Gasteiger partial charge in [-0.1, -0.05) is 26.0 Å². The molecule has 92 valence electrons. The Balaban J connectivity index is 2.69. The van der Waals surface area contributed by atoms with Gasteiger partial charge in [0.25, 0.3) is 0 Å². The molecule has 16 heavy (non-hydrogen) atoms. The zero-order valence-electron chi connectivity index (χ0n) is 11.0.